The van der Waals surface area contributed by atoms with E-state index in [2.05, 4.69) is 29.4 Å². The van der Waals surface area contributed by atoms with Gasteiger partial charge in [0.15, 0.2) is 5.78 Å². The molecule has 3 amide bonds. The van der Waals surface area contributed by atoms with Crippen molar-refractivity contribution in [2.24, 2.45) is 11.8 Å². The number of unbranched alkanes of at least 4 members (excludes halogenated alkanes) is 1. The van der Waals surface area contributed by atoms with Crippen molar-refractivity contribution < 1.29 is 28.7 Å². The molecule has 3 heterocycles. The molecule has 0 unspecified atom stereocenters. The van der Waals surface area contributed by atoms with Crippen LogP contribution in [0, 0.1) is 11.8 Å². The molecule has 7 atom stereocenters. The number of alkyl carbamates (subject to hydrolysis) is 1. The van der Waals surface area contributed by atoms with Crippen molar-refractivity contribution in [2.45, 2.75) is 95.0 Å². The van der Waals surface area contributed by atoms with Crippen LogP contribution in [0.2, 0.25) is 0 Å². The average Bonchev–Trinajstić information content (AvgIpc) is 3.42. The first-order valence-corrected chi connectivity index (χ1v) is 18.3. The molecule has 0 spiro atoms. The molecule has 266 valence electrons. The highest BCUT2D eigenvalue weighted by molar-refractivity contribution is 5.98. The Labute approximate surface area is 298 Å². The largest absolute Gasteiger partial charge is 0.488 e. The van der Waals surface area contributed by atoms with Gasteiger partial charge in [-0.15, -0.1) is 6.58 Å². The SMILES string of the molecule is C=C[C@@H]1C[C@]1(NC(=O)[C@@H]1C[C@@H]2CN1C(=O)[C@H](CCCC)NC(=O)O[C@H]1CCC[C@@H]1C=Cc1ccc3nc(-c4ccccc4)cc(c3c1)O2)C(C)=O. The van der Waals surface area contributed by atoms with E-state index in [0.29, 0.717) is 25.0 Å². The second-order valence-electron chi connectivity index (χ2n) is 14.4. The van der Waals surface area contributed by atoms with Crippen molar-refractivity contribution in [3.05, 3.63) is 78.9 Å². The third-order valence-corrected chi connectivity index (χ3v) is 11.0. The fourth-order valence-electron chi connectivity index (χ4n) is 7.97. The normalized spacial score (nSPS) is 28.7. The van der Waals surface area contributed by atoms with Gasteiger partial charge < -0.3 is 25.0 Å². The molecule has 10 nitrogen and oxygen atoms in total. The van der Waals surface area contributed by atoms with E-state index in [-0.39, 0.29) is 42.6 Å². The van der Waals surface area contributed by atoms with Crippen molar-refractivity contribution in [2.75, 3.05) is 6.54 Å². The Kier molecular flexibility index (Phi) is 9.68. The van der Waals surface area contributed by atoms with E-state index in [0.717, 1.165) is 53.4 Å². The number of amides is 3. The van der Waals surface area contributed by atoms with Crippen molar-refractivity contribution in [1.29, 1.82) is 0 Å². The summed E-state index contributed by atoms with van der Waals surface area (Å²) in [7, 11) is 0. The highest BCUT2D eigenvalue weighted by Crippen LogP contribution is 2.45. The lowest BCUT2D eigenvalue weighted by Crippen LogP contribution is -2.56. The summed E-state index contributed by atoms with van der Waals surface area (Å²) in [6.07, 6.45) is 9.45. The lowest BCUT2D eigenvalue weighted by Gasteiger charge is -2.30. The summed E-state index contributed by atoms with van der Waals surface area (Å²) in [5, 5.41) is 6.67. The summed E-state index contributed by atoms with van der Waals surface area (Å²) < 4.78 is 12.8. The van der Waals surface area contributed by atoms with Gasteiger partial charge in [-0.3, -0.25) is 14.4 Å². The van der Waals surface area contributed by atoms with Crippen LogP contribution >= 0.6 is 0 Å². The highest BCUT2D eigenvalue weighted by Gasteiger charge is 2.58. The van der Waals surface area contributed by atoms with E-state index in [1.807, 2.05) is 61.5 Å². The van der Waals surface area contributed by atoms with Crippen LogP contribution in [0.3, 0.4) is 0 Å². The molecule has 1 aromatic heterocycles. The summed E-state index contributed by atoms with van der Waals surface area (Å²) in [4.78, 5) is 61.2. The molecule has 0 radical (unpaired) electrons. The van der Waals surface area contributed by atoms with Crippen LogP contribution in [0.1, 0.15) is 70.8 Å². The van der Waals surface area contributed by atoms with Gasteiger partial charge in [0, 0.05) is 35.3 Å². The number of carbonyl (C=O) groups excluding carboxylic acids is 4. The van der Waals surface area contributed by atoms with E-state index >= 15 is 0 Å². The predicted octanol–water partition coefficient (Wildman–Crippen LogP) is 6.38. The number of hydrogen-bond donors (Lipinski definition) is 2. The molecule has 2 aromatic carbocycles. The van der Waals surface area contributed by atoms with Crippen LogP contribution in [0.5, 0.6) is 5.75 Å². The predicted molar refractivity (Wildman–Crippen MR) is 195 cm³/mol. The van der Waals surface area contributed by atoms with Crippen LogP contribution in [-0.2, 0) is 19.1 Å². The monoisotopic (exact) mass is 690 g/mol. The molecule has 1 saturated heterocycles. The van der Waals surface area contributed by atoms with Crippen LogP contribution in [0.25, 0.3) is 28.2 Å². The summed E-state index contributed by atoms with van der Waals surface area (Å²) in [6, 6.07) is 16.0. The van der Waals surface area contributed by atoms with Gasteiger partial charge in [0.05, 0.1) is 17.8 Å². The molecule has 2 aliphatic heterocycles. The van der Waals surface area contributed by atoms with Crippen LogP contribution in [-0.4, -0.2) is 70.0 Å². The number of hydrogen-bond acceptors (Lipinski definition) is 7. The first-order valence-electron chi connectivity index (χ1n) is 18.3. The van der Waals surface area contributed by atoms with E-state index in [1.165, 1.54) is 11.8 Å². The van der Waals surface area contributed by atoms with Gasteiger partial charge >= 0.3 is 6.09 Å². The van der Waals surface area contributed by atoms with Crippen molar-refractivity contribution in [1.82, 2.24) is 20.5 Å². The molecule has 51 heavy (non-hydrogen) atoms. The van der Waals surface area contributed by atoms with Gasteiger partial charge in [0.1, 0.15) is 35.6 Å². The maximum atomic E-state index is 14.5. The molecule has 3 fully saturated rings. The Balaban J connectivity index is 1.30. The molecule has 2 aliphatic carbocycles. The summed E-state index contributed by atoms with van der Waals surface area (Å²) in [6.45, 7) is 7.45. The molecule has 10 heteroatoms. The maximum Gasteiger partial charge on any atom is 0.408 e. The topological polar surface area (TPSA) is 127 Å². The van der Waals surface area contributed by atoms with Gasteiger partial charge in [-0.25, -0.2) is 9.78 Å². The van der Waals surface area contributed by atoms with Crippen LogP contribution < -0.4 is 15.4 Å². The number of rotatable bonds is 8. The average molecular weight is 691 g/mol. The number of nitrogens with one attached hydrogen (secondary N) is 2. The second-order valence-corrected chi connectivity index (χ2v) is 14.4. The number of pyridine rings is 1. The van der Waals surface area contributed by atoms with Crippen LogP contribution in [0.15, 0.2) is 73.3 Å². The van der Waals surface area contributed by atoms with Gasteiger partial charge in [-0.05, 0) is 56.7 Å². The number of aromatic nitrogens is 1. The fraction of sp³-hybridized carbons (Fsp3) is 0.439. The number of carbonyl (C=O) groups is 4. The Morgan fingerprint density at radius 2 is 1.94 bits per heavy atom. The summed E-state index contributed by atoms with van der Waals surface area (Å²) in [5.41, 5.74) is 2.36. The smallest absolute Gasteiger partial charge is 0.408 e. The molecule has 2 saturated carbocycles. The van der Waals surface area contributed by atoms with Crippen molar-refractivity contribution >= 4 is 40.7 Å². The Bertz CT molecular complexity index is 1880. The molecular weight excluding hydrogens is 644 g/mol. The quantitative estimate of drug-likeness (QED) is 0.263. The third kappa shape index (κ3) is 7.01. The Hall–Kier alpha value is -4.99. The molecule has 2 N–H and O–H groups in total. The lowest BCUT2D eigenvalue weighted by atomic mass is 10.0. The highest BCUT2D eigenvalue weighted by atomic mass is 16.6. The lowest BCUT2D eigenvalue weighted by molar-refractivity contribution is -0.141. The standard InChI is InChI=1S/C41H46N4O6/c1-4-6-14-33-39(48)45-24-30(21-35(45)38(47)44-41(25(3)46)23-29(41)5-2)50-37-22-34(27-11-8-7-9-12-27)42-32-19-17-26(20-31(32)37)16-18-28-13-10-15-36(28)51-40(49)43-33/h5,7-9,11-12,16-20,22,28-30,33,35-36H,2,4,6,10,13-15,21,23-24H2,1,3H3,(H,43,49)(H,44,47)/t28-,29-,30-,33+,35+,36+,41+/m1/s1. The number of nitrogens with zero attached hydrogens (tertiary/aromatic N) is 2. The minimum absolute atomic E-state index is 0.0319. The van der Waals surface area contributed by atoms with E-state index in [1.54, 1.807) is 6.08 Å². The van der Waals surface area contributed by atoms with Gasteiger partial charge in [-0.2, -0.15) is 0 Å². The van der Waals surface area contributed by atoms with Gasteiger partial charge in [0.2, 0.25) is 11.8 Å². The first-order chi connectivity index (χ1) is 24.7. The molecule has 4 aliphatic rings. The number of ether oxygens (including phenoxy) is 2. The van der Waals surface area contributed by atoms with E-state index in [9.17, 15) is 19.2 Å². The number of ketones is 1. The summed E-state index contributed by atoms with van der Waals surface area (Å²) >= 11 is 0. The minimum Gasteiger partial charge on any atom is -0.488 e. The van der Waals surface area contributed by atoms with Crippen LogP contribution in [0.4, 0.5) is 4.79 Å². The second kappa shape index (κ2) is 14.3. The minimum atomic E-state index is -1.03. The maximum absolute atomic E-state index is 14.5. The zero-order chi connectivity index (χ0) is 35.7. The fourth-order valence-corrected chi connectivity index (χ4v) is 7.97. The number of Topliss-reactive ketones (excluding diaryl/α,β-unsaturated/α-hetero) is 1. The summed E-state index contributed by atoms with van der Waals surface area (Å²) in [5.74, 6) is -0.494. The van der Waals surface area contributed by atoms with E-state index < -0.39 is 35.7 Å². The molecular formula is C41H46N4O6. The molecule has 3 aromatic rings. The molecule has 4 bridgehead atoms. The zero-order valence-corrected chi connectivity index (χ0v) is 29.3. The van der Waals surface area contributed by atoms with Crippen molar-refractivity contribution in [3.8, 4) is 17.0 Å². The molecule has 7 rings (SSSR count). The van der Waals surface area contributed by atoms with Crippen molar-refractivity contribution in [3.63, 3.8) is 0 Å². The van der Waals surface area contributed by atoms with E-state index in [4.69, 9.17) is 14.5 Å². The van der Waals surface area contributed by atoms with Gasteiger partial charge in [0.25, 0.3) is 0 Å². The first kappa shape index (κ1) is 34.5. The number of fused-ring (bicyclic) bond motifs is 4. The van der Waals surface area contributed by atoms with Gasteiger partial charge in [-0.1, -0.05) is 74.4 Å². The number of benzene rings is 2. The Morgan fingerprint density at radius 1 is 1.12 bits per heavy atom. The zero-order valence-electron chi connectivity index (χ0n) is 29.3. The third-order valence-electron chi connectivity index (χ3n) is 11.0. The Morgan fingerprint density at radius 3 is 2.69 bits per heavy atom.